The van der Waals surface area contributed by atoms with Gasteiger partial charge in [0.2, 0.25) is 0 Å². The Bertz CT molecular complexity index is 698. The Morgan fingerprint density at radius 2 is 1.89 bits per heavy atom. The van der Waals surface area contributed by atoms with Crippen molar-refractivity contribution in [3.63, 3.8) is 0 Å². The van der Waals surface area contributed by atoms with Crippen LogP contribution in [0.1, 0.15) is 69.1 Å². The van der Waals surface area contributed by atoms with Crippen LogP contribution in [-0.4, -0.2) is 62.2 Å². The summed E-state index contributed by atoms with van der Waals surface area (Å²) < 4.78 is 2.02. The molecule has 6 nitrogen and oxygen atoms in total. The van der Waals surface area contributed by atoms with Gasteiger partial charge in [-0.3, -0.25) is 9.80 Å². The first kappa shape index (κ1) is 20.0. The van der Waals surface area contributed by atoms with Crippen molar-refractivity contribution < 1.29 is 0 Å². The summed E-state index contributed by atoms with van der Waals surface area (Å²) in [6.07, 6.45) is 8.16. The van der Waals surface area contributed by atoms with Crippen molar-refractivity contribution in [3.8, 4) is 0 Å². The van der Waals surface area contributed by atoms with Crippen LogP contribution in [0, 0.1) is 5.92 Å². The molecule has 7 heteroatoms. The Kier molecular flexibility index (Phi) is 6.75. The van der Waals surface area contributed by atoms with Crippen LogP contribution in [0.15, 0.2) is 17.5 Å². The number of piperazine rings is 1. The van der Waals surface area contributed by atoms with Crippen molar-refractivity contribution in [1.29, 1.82) is 0 Å². The lowest BCUT2D eigenvalue weighted by atomic mass is 9.93. The average Bonchev–Trinajstić information content (AvgIpc) is 3.39. The Balaban J connectivity index is 1.45. The third-order valence-electron chi connectivity index (χ3n) is 6.32. The summed E-state index contributed by atoms with van der Waals surface area (Å²) in [4.78, 5) is 6.69. The molecule has 0 N–H and O–H groups in total. The molecule has 2 aromatic rings. The van der Waals surface area contributed by atoms with E-state index < -0.39 is 0 Å². The maximum Gasteiger partial charge on any atom is 0.168 e. The van der Waals surface area contributed by atoms with Gasteiger partial charge in [-0.25, -0.2) is 4.68 Å². The van der Waals surface area contributed by atoms with E-state index >= 15 is 0 Å². The lowest BCUT2D eigenvalue weighted by molar-refractivity contribution is 0.0469. The van der Waals surface area contributed by atoms with Gasteiger partial charge in [0.25, 0.3) is 0 Å². The largest absolute Gasteiger partial charge is 0.298 e. The fraction of sp³-hybridized carbons (Fsp3) is 0.762. The molecule has 1 atom stereocenters. The lowest BCUT2D eigenvalue weighted by Gasteiger charge is -2.43. The fourth-order valence-corrected chi connectivity index (χ4v) is 5.52. The smallest absolute Gasteiger partial charge is 0.168 e. The number of hydrogen-bond acceptors (Lipinski definition) is 6. The lowest BCUT2D eigenvalue weighted by Crippen LogP contribution is -2.52. The number of rotatable bonds is 7. The van der Waals surface area contributed by atoms with Crippen molar-refractivity contribution in [2.45, 2.75) is 71.0 Å². The standard InChI is InChI=1S/C21H34N6S/c1-17(2)15-20(21-22-23-24-27(21)16-19-9-6-14-28-19)26-12-10-25(11-13-26)18-7-4-3-5-8-18/h6,9,14,17-18,20H,3-5,7-8,10-13,15-16H2,1-2H3. The summed E-state index contributed by atoms with van der Waals surface area (Å²) in [5, 5.41) is 15.0. The van der Waals surface area contributed by atoms with Crippen LogP contribution in [0.2, 0.25) is 0 Å². The third kappa shape index (κ3) is 4.81. The summed E-state index contributed by atoms with van der Waals surface area (Å²) in [7, 11) is 0. The van der Waals surface area contributed by atoms with E-state index in [9.17, 15) is 0 Å². The normalized spacial score (nSPS) is 21.4. The average molecular weight is 403 g/mol. The molecule has 1 aliphatic heterocycles. The van der Waals surface area contributed by atoms with Gasteiger partial charge >= 0.3 is 0 Å². The molecule has 0 spiro atoms. The molecule has 2 aromatic heterocycles. The molecule has 0 aromatic carbocycles. The fourth-order valence-electron chi connectivity index (χ4n) is 4.84. The maximum atomic E-state index is 4.49. The monoisotopic (exact) mass is 402 g/mol. The van der Waals surface area contributed by atoms with Gasteiger partial charge in [0.1, 0.15) is 0 Å². The Labute approximate surface area is 172 Å². The first-order valence-electron chi connectivity index (χ1n) is 11.0. The summed E-state index contributed by atoms with van der Waals surface area (Å²) >= 11 is 1.77. The van der Waals surface area contributed by atoms with Crippen molar-refractivity contribution in [3.05, 3.63) is 28.2 Å². The van der Waals surface area contributed by atoms with Gasteiger partial charge < -0.3 is 0 Å². The Hall–Kier alpha value is -1.31. The summed E-state index contributed by atoms with van der Waals surface area (Å²) in [5.74, 6) is 1.65. The molecular weight excluding hydrogens is 368 g/mol. The number of aromatic nitrogens is 4. The molecule has 1 unspecified atom stereocenters. The van der Waals surface area contributed by atoms with Crippen LogP contribution in [0.3, 0.4) is 0 Å². The van der Waals surface area contributed by atoms with Gasteiger partial charge in [-0.2, -0.15) is 0 Å². The minimum atomic E-state index is 0.309. The van der Waals surface area contributed by atoms with E-state index in [0.29, 0.717) is 12.0 Å². The zero-order valence-corrected chi connectivity index (χ0v) is 18.2. The predicted molar refractivity (Wildman–Crippen MR) is 113 cm³/mol. The molecule has 28 heavy (non-hydrogen) atoms. The molecular formula is C21H34N6S. The van der Waals surface area contributed by atoms with E-state index in [-0.39, 0.29) is 0 Å². The van der Waals surface area contributed by atoms with E-state index in [1.807, 2.05) is 4.68 Å². The molecule has 1 aliphatic carbocycles. The van der Waals surface area contributed by atoms with Crippen LogP contribution >= 0.6 is 11.3 Å². The minimum absolute atomic E-state index is 0.309. The first-order valence-corrected chi connectivity index (χ1v) is 11.8. The zero-order valence-electron chi connectivity index (χ0n) is 17.3. The molecule has 3 heterocycles. The van der Waals surface area contributed by atoms with Gasteiger partial charge in [0.05, 0.1) is 12.6 Å². The van der Waals surface area contributed by atoms with Crippen LogP contribution < -0.4 is 0 Å². The highest BCUT2D eigenvalue weighted by molar-refractivity contribution is 7.09. The minimum Gasteiger partial charge on any atom is -0.298 e. The van der Waals surface area contributed by atoms with Crippen molar-refractivity contribution in [2.75, 3.05) is 26.2 Å². The third-order valence-corrected chi connectivity index (χ3v) is 7.18. The molecule has 2 fully saturated rings. The van der Waals surface area contributed by atoms with Crippen molar-refractivity contribution in [1.82, 2.24) is 30.0 Å². The Morgan fingerprint density at radius 1 is 1.11 bits per heavy atom. The van der Waals surface area contributed by atoms with E-state index in [0.717, 1.165) is 37.9 Å². The molecule has 154 valence electrons. The number of nitrogens with zero attached hydrogens (tertiary/aromatic N) is 6. The van der Waals surface area contributed by atoms with Crippen molar-refractivity contribution in [2.24, 2.45) is 5.92 Å². The summed E-state index contributed by atoms with van der Waals surface area (Å²) in [6.45, 7) is 10.0. The van der Waals surface area contributed by atoms with Crippen LogP contribution in [-0.2, 0) is 6.54 Å². The number of hydrogen-bond donors (Lipinski definition) is 0. The van der Waals surface area contributed by atoms with Gasteiger partial charge in [0, 0.05) is 37.1 Å². The molecule has 0 bridgehead atoms. The van der Waals surface area contributed by atoms with Gasteiger partial charge in [-0.1, -0.05) is 39.2 Å². The van der Waals surface area contributed by atoms with Crippen molar-refractivity contribution >= 4 is 11.3 Å². The SMILES string of the molecule is CC(C)CC(c1nnnn1Cc1cccs1)N1CCN(C2CCCCC2)CC1. The van der Waals surface area contributed by atoms with E-state index in [1.165, 1.54) is 50.1 Å². The van der Waals surface area contributed by atoms with Gasteiger partial charge in [-0.15, -0.1) is 16.4 Å². The zero-order chi connectivity index (χ0) is 19.3. The molecule has 0 amide bonds. The predicted octanol–water partition coefficient (Wildman–Crippen LogP) is 3.82. The van der Waals surface area contributed by atoms with E-state index in [2.05, 4.69) is 56.7 Å². The number of thiophene rings is 1. The molecule has 1 saturated carbocycles. The second-order valence-corrected chi connectivity index (χ2v) is 9.82. The quantitative estimate of drug-likeness (QED) is 0.705. The van der Waals surface area contributed by atoms with Crippen LogP contribution in [0.4, 0.5) is 0 Å². The highest BCUT2D eigenvalue weighted by Gasteiger charge is 2.32. The van der Waals surface area contributed by atoms with E-state index in [1.54, 1.807) is 11.3 Å². The van der Waals surface area contributed by atoms with Crippen LogP contribution in [0.5, 0.6) is 0 Å². The summed E-state index contributed by atoms with van der Waals surface area (Å²) in [6, 6.07) is 5.39. The van der Waals surface area contributed by atoms with Crippen LogP contribution in [0.25, 0.3) is 0 Å². The number of tetrazole rings is 1. The molecule has 0 radical (unpaired) electrons. The van der Waals surface area contributed by atoms with E-state index in [4.69, 9.17) is 0 Å². The first-order chi connectivity index (χ1) is 13.7. The second-order valence-electron chi connectivity index (χ2n) is 8.78. The van der Waals surface area contributed by atoms with Gasteiger partial charge in [-0.05, 0) is 47.1 Å². The van der Waals surface area contributed by atoms with Gasteiger partial charge in [0.15, 0.2) is 5.82 Å². The topological polar surface area (TPSA) is 50.1 Å². The summed E-state index contributed by atoms with van der Waals surface area (Å²) in [5.41, 5.74) is 0. The second kappa shape index (κ2) is 9.46. The molecule has 2 aliphatic rings. The molecule has 1 saturated heterocycles. The highest BCUT2D eigenvalue weighted by atomic mass is 32.1. The maximum absolute atomic E-state index is 4.49. The molecule has 4 rings (SSSR count). The highest BCUT2D eigenvalue weighted by Crippen LogP contribution is 2.30. The Morgan fingerprint density at radius 3 is 2.57 bits per heavy atom.